The Kier molecular flexibility index (Phi) is 4.97. The Bertz CT molecular complexity index is 824. The van der Waals surface area contributed by atoms with E-state index in [1.165, 1.54) is 17.0 Å². The summed E-state index contributed by atoms with van der Waals surface area (Å²) in [5, 5.41) is 2.63. The number of halogens is 1. The van der Waals surface area contributed by atoms with Crippen LogP contribution in [-0.4, -0.2) is 35.3 Å². The molecule has 2 aromatic carbocycles. The maximum absolute atomic E-state index is 12.9. The molecule has 1 fully saturated rings. The number of benzene rings is 2. The van der Waals surface area contributed by atoms with E-state index in [0.717, 1.165) is 10.5 Å². The normalized spacial score (nSPS) is 16.9. The molecule has 0 spiro atoms. The maximum atomic E-state index is 12.9. The highest BCUT2D eigenvalue weighted by Gasteiger charge is 2.43. The zero-order valence-corrected chi connectivity index (χ0v) is 14.2. The van der Waals surface area contributed by atoms with Gasteiger partial charge >= 0.3 is 6.03 Å². The van der Waals surface area contributed by atoms with Crippen LogP contribution in [0, 0.1) is 5.82 Å². The molecule has 134 valence electrons. The standard InChI is InChI=1S/C19H18FN3O3/c1-13-18(25)22(19(26)23(13)16-5-3-2-4-6-16)12-17(24)21-11-14-7-9-15(20)10-8-14/h2-10,13H,11-12H2,1H3,(H,21,24). The minimum Gasteiger partial charge on any atom is -0.350 e. The number of carbonyl (C=O) groups excluding carboxylic acids is 3. The summed E-state index contributed by atoms with van der Waals surface area (Å²) in [5.74, 6) is -1.24. The fourth-order valence-corrected chi connectivity index (χ4v) is 2.80. The maximum Gasteiger partial charge on any atom is 0.332 e. The predicted molar refractivity (Wildman–Crippen MR) is 93.7 cm³/mol. The van der Waals surface area contributed by atoms with Crippen molar-refractivity contribution in [3.8, 4) is 0 Å². The Hall–Kier alpha value is -3.22. The molecule has 1 saturated heterocycles. The number of carbonyl (C=O) groups is 3. The third kappa shape index (κ3) is 3.56. The topological polar surface area (TPSA) is 69.7 Å². The summed E-state index contributed by atoms with van der Waals surface area (Å²) in [7, 11) is 0. The van der Waals surface area contributed by atoms with Gasteiger partial charge in [0, 0.05) is 12.2 Å². The lowest BCUT2D eigenvalue weighted by Gasteiger charge is -2.19. The van der Waals surface area contributed by atoms with Crippen molar-refractivity contribution in [2.24, 2.45) is 0 Å². The third-order valence-electron chi connectivity index (χ3n) is 4.19. The van der Waals surface area contributed by atoms with Gasteiger partial charge in [0.05, 0.1) is 0 Å². The summed E-state index contributed by atoms with van der Waals surface area (Å²) >= 11 is 0. The number of rotatable bonds is 5. The zero-order valence-electron chi connectivity index (χ0n) is 14.2. The number of nitrogens with one attached hydrogen (secondary N) is 1. The van der Waals surface area contributed by atoms with Crippen LogP contribution >= 0.6 is 0 Å². The molecule has 1 N–H and O–H groups in total. The van der Waals surface area contributed by atoms with Gasteiger partial charge in [-0.25, -0.2) is 9.18 Å². The molecule has 1 aliphatic heterocycles. The molecule has 1 unspecified atom stereocenters. The summed E-state index contributed by atoms with van der Waals surface area (Å²) < 4.78 is 12.9. The fourth-order valence-electron chi connectivity index (χ4n) is 2.80. The molecule has 4 amide bonds. The van der Waals surface area contributed by atoms with Gasteiger partial charge in [0.1, 0.15) is 18.4 Å². The van der Waals surface area contributed by atoms with E-state index < -0.39 is 23.9 Å². The zero-order chi connectivity index (χ0) is 18.7. The van der Waals surface area contributed by atoms with E-state index >= 15 is 0 Å². The van der Waals surface area contributed by atoms with Crippen LogP contribution in [0.25, 0.3) is 0 Å². The van der Waals surface area contributed by atoms with Crippen LogP contribution in [0.2, 0.25) is 0 Å². The molecule has 6 nitrogen and oxygen atoms in total. The molecule has 2 aromatic rings. The first kappa shape index (κ1) is 17.6. The van der Waals surface area contributed by atoms with Crippen molar-refractivity contribution in [2.45, 2.75) is 19.5 Å². The van der Waals surface area contributed by atoms with Crippen molar-refractivity contribution in [1.82, 2.24) is 10.2 Å². The van der Waals surface area contributed by atoms with Crippen LogP contribution < -0.4 is 10.2 Å². The number of hydrogen-bond donors (Lipinski definition) is 1. The molecule has 3 rings (SSSR count). The summed E-state index contributed by atoms with van der Waals surface area (Å²) in [6.07, 6.45) is 0. The summed E-state index contributed by atoms with van der Waals surface area (Å²) in [6.45, 7) is 1.46. The van der Waals surface area contributed by atoms with E-state index in [-0.39, 0.29) is 18.9 Å². The van der Waals surface area contributed by atoms with Crippen molar-refractivity contribution in [3.05, 3.63) is 66.0 Å². The second-order valence-corrected chi connectivity index (χ2v) is 5.99. The number of hydrogen-bond acceptors (Lipinski definition) is 3. The highest BCUT2D eigenvalue weighted by atomic mass is 19.1. The van der Waals surface area contributed by atoms with E-state index in [4.69, 9.17) is 0 Å². The quantitative estimate of drug-likeness (QED) is 0.837. The minimum atomic E-state index is -0.671. The molecule has 1 atom stereocenters. The summed E-state index contributed by atoms with van der Waals surface area (Å²) in [5.41, 5.74) is 1.32. The lowest BCUT2D eigenvalue weighted by atomic mass is 10.2. The number of amides is 4. The molecule has 1 aliphatic rings. The molecule has 0 saturated carbocycles. The molecule has 1 heterocycles. The van der Waals surface area contributed by atoms with Crippen LogP contribution in [0.15, 0.2) is 54.6 Å². The van der Waals surface area contributed by atoms with Crippen LogP contribution in [0.4, 0.5) is 14.9 Å². The second kappa shape index (κ2) is 7.35. The number of urea groups is 1. The smallest absolute Gasteiger partial charge is 0.332 e. The third-order valence-corrected chi connectivity index (χ3v) is 4.19. The van der Waals surface area contributed by atoms with Gasteiger partial charge in [0.25, 0.3) is 5.91 Å². The van der Waals surface area contributed by atoms with Crippen LogP contribution in [0.5, 0.6) is 0 Å². The monoisotopic (exact) mass is 355 g/mol. The first-order valence-electron chi connectivity index (χ1n) is 8.18. The van der Waals surface area contributed by atoms with Gasteiger partial charge in [-0.2, -0.15) is 0 Å². The highest BCUT2D eigenvalue weighted by molar-refractivity contribution is 6.15. The van der Waals surface area contributed by atoms with Crippen molar-refractivity contribution in [3.63, 3.8) is 0 Å². The van der Waals surface area contributed by atoms with E-state index in [1.54, 1.807) is 43.3 Å². The van der Waals surface area contributed by atoms with Gasteiger partial charge in [-0.15, -0.1) is 0 Å². The fraction of sp³-hybridized carbons (Fsp3) is 0.211. The lowest BCUT2D eigenvalue weighted by molar-refractivity contribution is -0.131. The van der Waals surface area contributed by atoms with Gasteiger partial charge < -0.3 is 5.32 Å². The van der Waals surface area contributed by atoms with Gasteiger partial charge in [0.2, 0.25) is 5.91 Å². The second-order valence-electron chi connectivity index (χ2n) is 5.99. The number of anilines is 1. The largest absolute Gasteiger partial charge is 0.350 e. The van der Waals surface area contributed by atoms with Crippen molar-refractivity contribution in [2.75, 3.05) is 11.4 Å². The average molecular weight is 355 g/mol. The summed E-state index contributed by atoms with van der Waals surface area (Å²) in [6, 6.07) is 13.4. The van der Waals surface area contributed by atoms with Gasteiger partial charge in [-0.05, 0) is 36.8 Å². The Morgan fingerprint density at radius 2 is 1.73 bits per heavy atom. The van der Waals surface area contributed by atoms with Crippen LogP contribution in [-0.2, 0) is 16.1 Å². The van der Waals surface area contributed by atoms with Crippen molar-refractivity contribution >= 4 is 23.5 Å². The van der Waals surface area contributed by atoms with Gasteiger partial charge in [-0.3, -0.25) is 19.4 Å². The van der Waals surface area contributed by atoms with E-state index in [0.29, 0.717) is 5.69 Å². The Labute approximate surface area is 150 Å². The van der Waals surface area contributed by atoms with Gasteiger partial charge in [-0.1, -0.05) is 30.3 Å². The molecule has 0 radical (unpaired) electrons. The Balaban J connectivity index is 1.63. The lowest BCUT2D eigenvalue weighted by Crippen LogP contribution is -2.41. The first-order valence-corrected chi connectivity index (χ1v) is 8.18. The van der Waals surface area contributed by atoms with Crippen LogP contribution in [0.1, 0.15) is 12.5 Å². The molecule has 0 bridgehead atoms. The Morgan fingerprint density at radius 3 is 2.38 bits per heavy atom. The SMILES string of the molecule is CC1C(=O)N(CC(=O)NCc2ccc(F)cc2)C(=O)N1c1ccccc1. The highest BCUT2D eigenvalue weighted by Crippen LogP contribution is 2.25. The average Bonchev–Trinajstić information content (AvgIpc) is 2.85. The van der Waals surface area contributed by atoms with E-state index in [1.807, 2.05) is 6.07 Å². The Morgan fingerprint density at radius 1 is 1.08 bits per heavy atom. The first-order chi connectivity index (χ1) is 12.5. The predicted octanol–water partition coefficient (Wildman–Crippen LogP) is 2.30. The molecule has 0 aromatic heterocycles. The molecule has 26 heavy (non-hydrogen) atoms. The number of nitrogens with zero attached hydrogens (tertiary/aromatic N) is 2. The molecule has 7 heteroatoms. The molecular weight excluding hydrogens is 337 g/mol. The molecule has 0 aliphatic carbocycles. The van der Waals surface area contributed by atoms with E-state index in [2.05, 4.69) is 5.32 Å². The van der Waals surface area contributed by atoms with Crippen LogP contribution in [0.3, 0.4) is 0 Å². The van der Waals surface area contributed by atoms with Crippen molar-refractivity contribution < 1.29 is 18.8 Å². The number of para-hydroxylation sites is 1. The molecular formula is C19H18FN3O3. The minimum absolute atomic E-state index is 0.188. The van der Waals surface area contributed by atoms with Crippen molar-refractivity contribution in [1.29, 1.82) is 0 Å². The number of imide groups is 1. The summed E-state index contributed by atoms with van der Waals surface area (Å²) in [4.78, 5) is 39.4. The van der Waals surface area contributed by atoms with E-state index in [9.17, 15) is 18.8 Å². The van der Waals surface area contributed by atoms with Gasteiger partial charge in [0.15, 0.2) is 0 Å².